The van der Waals surface area contributed by atoms with Crippen LogP contribution in [0.4, 0.5) is 0 Å². The standard InChI is InChI=1S/C21H24N2OS/c1-12-6-16(19-9-13(2)15(4)18(19)7-12)10-22-20(24)17-8-14(3)21(25-5)23-11-17/h6-8,11H,9-10H2,1-5H3,(H,22,24). The van der Waals surface area contributed by atoms with Crippen LogP contribution in [0.2, 0.25) is 0 Å². The minimum atomic E-state index is -0.0714. The predicted octanol–water partition coefficient (Wildman–Crippen LogP) is 4.70. The van der Waals surface area contributed by atoms with Crippen molar-refractivity contribution in [2.45, 2.75) is 45.7 Å². The fourth-order valence-corrected chi connectivity index (χ4v) is 3.94. The maximum absolute atomic E-state index is 12.5. The quantitative estimate of drug-likeness (QED) is 0.811. The highest BCUT2D eigenvalue weighted by Crippen LogP contribution is 2.35. The van der Waals surface area contributed by atoms with Crippen LogP contribution in [-0.4, -0.2) is 17.1 Å². The van der Waals surface area contributed by atoms with Gasteiger partial charge in [-0.3, -0.25) is 4.79 Å². The Labute approximate surface area is 153 Å². The van der Waals surface area contributed by atoms with Crippen molar-refractivity contribution in [3.05, 3.63) is 63.3 Å². The minimum absolute atomic E-state index is 0.0714. The number of carbonyl (C=O) groups is 1. The minimum Gasteiger partial charge on any atom is -0.348 e. The molecular formula is C21H24N2OS. The van der Waals surface area contributed by atoms with E-state index >= 15 is 0 Å². The van der Waals surface area contributed by atoms with Crippen molar-refractivity contribution in [2.24, 2.45) is 0 Å². The Kier molecular flexibility index (Phi) is 5.00. The number of fused-ring (bicyclic) bond motifs is 1. The van der Waals surface area contributed by atoms with Crippen molar-refractivity contribution in [1.82, 2.24) is 10.3 Å². The number of hydrogen-bond donors (Lipinski definition) is 1. The van der Waals surface area contributed by atoms with E-state index in [9.17, 15) is 4.79 Å². The Morgan fingerprint density at radius 2 is 1.96 bits per heavy atom. The van der Waals surface area contributed by atoms with Crippen LogP contribution in [0.1, 0.15) is 52.0 Å². The molecule has 1 heterocycles. The van der Waals surface area contributed by atoms with Crippen LogP contribution >= 0.6 is 11.8 Å². The molecule has 0 atom stereocenters. The molecule has 0 saturated heterocycles. The molecule has 0 aliphatic heterocycles. The smallest absolute Gasteiger partial charge is 0.253 e. The van der Waals surface area contributed by atoms with Gasteiger partial charge in [-0.2, -0.15) is 0 Å². The van der Waals surface area contributed by atoms with Gasteiger partial charge in [-0.1, -0.05) is 23.3 Å². The Morgan fingerprint density at radius 3 is 2.64 bits per heavy atom. The molecule has 130 valence electrons. The van der Waals surface area contributed by atoms with Gasteiger partial charge >= 0.3 is 0 Å². The molecule has 3 rings (SSSR count). The molecule has 0 saturated carbocycles. The van der Waals surface area contributed by atoms with Crippen LogP contribution in [0.5, 0.6) is 0 Å². The van der Waals surface area contributed by atoms with Crippen LogP contribution in [0, 0.1) is 13.8 Å². The Morgan fingerprint density at radius 1 is 1.20 bits per heavy atom. The van der Waals surface area contributed by atoms with Gasteiger partial charge in [-0.15, -0.1) is 11.8 Å². The van der Waals surface area contributed by atoms with Crippen molar-refractivity contribution in [1.29, 1.82) is 0 Å². The van der Waals surface area contributed by atoms with E-state index in [0.717, 1.165) is 17.0 Å². The number of allylic oxidation sites excluding steroid dienone is 2. The lowest BCUT2D eigenvalue weighted by atomic mass is 9.97. The number of rotatable bonds is 4. The summed E-state index contributed by atoms with van der Waals surface area (Å²) in [6.07, 6.45) is 4.63. The fraction of sp³-hybridized carbons (Fsp3) is 0.333. The van der Waals surface area contributed by atoms with Gasteiger partial charge in [0.25, 0.3) is 5.91 Å². The average Bonchev–Trinajstić information content (AvgIpc) is 2.87. The lowest BCUT2D eigenvalue weighted by Crippen LogP contribution is -2.24. The third-order valence-corrected chi connectivity index (χ3v) is 5.71. The molecule has 0 fully saturated rings. The van der Waals surface area contributed by atoms with E-state index in [0.29, 0.717) is 12.1 Å². The van der Waals surface area contributed by atoms with Crippen molar-refractivity contribution < 1.29 is 4.79 Å². The molecule has 0 spiro atoms. The maximum atomic E-state index is 12.5. The number of benzene rings is 1. The molecule has 1 amide bonds. The first-order valence-corrected chi connectivity index (χ1v) is 9.71. The summed E-state index contributed by atoms with van der Waals surface area (Å²) in [6, 6.07) is 6.34. The van der Waals surface area contributed by atoms with Crippen LogP contribution < -0.4 is 5.32 Å². The molecular weight excluding hydrogens is 328 g/mol. The molecule has 1 N–H and O–H groups in total. The molecule has 1 aliphatic carbocycles. The van der Waals surface area contributed by atoms with Crippen molar-refractivity contribution in [3.63, 3.8) is 0 Å². The van der Waals surface area contributed by atoms with Gasteiger partial charge in [0.1, 0.15) is 0 Å². The number of thioether (sulfide) groups is 1. The lowest BCUT2D eigenvalue weighted by molar-refractivity contribution is 0.0950. The molecule has 1 aromatic heterocycles. The highest BCUT2D eigenvalue weighted by atomic mass is 32.2. The van der Waals surface area contributed by atoms with Crippen molar-refractivity contribution in [2.75, 3.05) is 6.26 Å². The summed E-state index contributed by atoms with van der Waals surface area (Å²) in [5, 5.41) is 4.03. The second kappa shape index (κ2) is 7.04. The van der Waals surface area contributed by atoms with E-state index < -0.39 is 0 Å². The van der Waals surface area contributed by atoms with E-state index in [4.69, 9.17) is 0 Å². The largest absolute Gasteiger partial charge is 0.348 e. The van der Waals surface area contributed by atoms with Gasteiger partial charge in [-0.05, 0) is 74.3 Å². The predicted molar refractivity (Wildman–Crippen MR) is 105 cm³/mol. The number of pyridine rings is 1. The highest BCUT2D eigenvalue weighted by molar-refractivity contribution is 7.98. The monoisotopic (exact) mass is 352 g/mol. The first-order valence-electron chi connectivity index (χ1n) is 8.48. The van der Waals surface area contributed by atoms with Crippen LogP contribution in [0.25, 0.3) is 5.57 Å². The normalized spacial score (nSPS) is 13.2. The topological polar surface area (TPSA) is 42.0 Å². The number of hydrogen-bond acceptors (Lipinski definition) is 3. The van der Waals surface area contributed by atoms with E-state index in [2.05, 4.69) is 43.2 Å². The molecule has 0 radical (unpaired) electrons. The summed E-state index contributed by atoms with van der Waals surface area (Å²) < 4.78 is 0. The molecule has 2 aromatic rings. The molecule has 0 bridgehead atoms. The fourth-order valence-electron chi connectivity index (χ4n) is 3.40. The first kappa shape index (κ1) is 17.7. The van der Waals surface area contributed by atoms with E-state index in [1.165, 1.54) is 33.4 Å². The van der Waals surface area contributed by atoms with Gasteiger partial charge in [0.05, 0.1) is 10.6 Å². The summed E-state index contributed by atoms with van der Waals surface area (Å²) >= 11 is 1.59. The number of carbonyl (C=O) groups excluding carboxylic acids is 1. The van der Waals surface area contributed by atoms with Gasteiger partial charge in [0.2, 0.25) is 0 Å². The molecule has 3 nitrogen and oxygen atoms in total. The molecule has 1 aromatic carbocycles. The third-order valence-electron chi connectivity index (χ3n) is 4.90. The van der Waals surface area contributed by atoms with Gasteiger partial charge in [0, 0.05) is 12.7 Å². The van der Waals surface area contributed by atoms with Crippen molar-refractivity contribution in [3.8, 4) is 0 Å². The van der Waals surface area contributed by atoms with Gasteiger partial charge < -0.3 is 5.32 Å². The van der Waals surface area contributed by atoms with Crippen molar-refractivity contribution >= 4 is 23.2 Å². The van der Waals surface area contributed by atoms with E-state index in [1.54, 1.807) is 18.0 Å². The second-order valence-corrected chi connectivity index (χ2v) is 7.56. The van der Waals surface area contributed by atoms with E-state index in [-0.39, 0.29) is 5.91 Å². The summed E-state index contributed by atoms with van der Waals surface area (Å²) in [4.78, 5) is 16.9. The van der Waals surface area contributed by atoms with Crippen LogP contribution in [-0.2, 0) is 13.0 Å². The molecule has 0 unspecified atom stereocenters. The molecule has 4 heteroatoms. The van der Waals surface area contributed by atoms with Gasteiger partial charge in [0.15, 0.2) is 0 Å². The number of amides is 1. The summed E-state index contributed by atoms with van der Waals surface area (Å²) in [5.74, 6) is -0.0714. The molecule has 25 heavy (non-hydrogen) atoms. The number of nitrogens with zero attached hydrogens (tertiary/aromatic N) is 1. The lowest BCUT2D eigenvalue weighted by Gasteiger charge is -2.13. The average molecular weight is 353 g/mol. The van der Waals surface area contributed by atoms with E-state index in [1.807, 2.05) is 19.2 Å². The maximum Gasteiger partial charge on any atom is 0.253 e. The summed E-state index contributed by atoms with van der Waals surface area (Å²) in [5.41, 5.74) is 9.58. The zero-order valence-electron chi connectivity index (χ0n) is 15.5. The summed E-state index contributed by atoms with van der Waals surface area (Å²) in [6.45, 7) is 9.02. The first-order chi connectivity index (χ1) is 11.9. The number of nitrogens with one attached hydrogen (secondary N) is 1. The van der Waals surface area contributed by atoms with Crippen LogP contribution in [0.15, 0.2) is 35.0 Å². The molecule has 1 aliphatic rings. The Hall–Kier alpha value is -2.07. The number of aromatic nitrogens is 1. The zero-order chi connectivity index (χ0) is 18.1. The Balaban J connectivity index is 1.78. The van der Waals surface area contributed by atoms with Gasteiger partial charge in [-0.25, -0.2) is 4.98 Å². The number of aryl methyl sites for hydroxylation is 2. The SMILES string of the molecule is CSc1ncc(C(=O)NCc2cc(C)cc3c2CC(C)=C3C)cc1C. The second-order valence-electron chi connectivity index (χ2n) is 6.77. The van der Waals surface area contributed by atoms with Crippen LogP contribution in [0.3, 0.4) is 0 Å². The third kappa shape index (κ3) is 3.49. The highest BCUT2D eigenvalue weighted by Gasteiger charge is 2.19. The zero-order valence-corrected chi connectivity index (χ0v) is 16.3. The summed E-state index contributed by atoms with van der Waals surface area (Å²) in [7, 11) is 0. The Bertz CT molecular complexity index is 884.